The Balaban J connectivity index is 2.31. The zero-order chi connectivity index (χ0) is 15.7. The second kappa shape index (κ2) is 5.72. The van der Waals surface area contributed by atoms with Gasteiger partial charge in [-0.2, -0.15) is 0 Å². The van der Waals surface area contributed by atoms with Gasteiger partial charge in [-0.1, -0.05) is 0 Å². The third-order valence-electron chi connectivity index (χ3n) is 3.68. The van der Waals surface area contributed by atoms with E-state index < -0.39 is 0 Å². The average molecular weight is 288 g/mol. The highest BCUT2D eigenvalue weighted by atomic mass is 19.1. The molecule has 4 heteroatoms. The molecule has 0 aliphatic rings. The fourth-order valence-corrected chi connectivity index (χ4v) is 2.76. The summed E-state index contributed by atoms with van der Waals surface area (Å²) in [5, 5.41) is 2.86. The van der Waals surface area contributed by atoms with Gasteiger partial charge in [0, 0.05) is 23.1 Å². The molecule has 2 aromatic rings. The van der Waals surface area contributed by atoms with Crippen molar-refractivity contribution >= 4 is 11.6 Å². The number of anilines is 1. The summed E-state index contributed by atoms with van der Waals surface area (Å²) in [5.74, 6) is -0.465. The monoisotopic (exact) mass is 288 g/mol. The number of carbonyl (C=O) groups excluding carboxylic acids is 1. The number of nitrogens with zero attached hydrogens (tertiary/aromatic N) is 1. The van der Waals surface area contributed by atoms with Crippen LogP contribution in [0.3, 0.4) is 0 Å². The summed E-state index contributed by atoms with van der Waals surface area (Å²) in [6, 6.07) is 6.54. The number of halogens is 1. The van der Waals surface area contributed by atoms with Crippen LogP contribution in [0.25, 0.3) is 0 Å². The van der Waals surface area contributed by atoms with Gasteiger partial charge in [0.05, 0.1) is 5.56 Å². The molecule has 0 atom stereocenters. The topological polar surface area (TPSA) is 34.0 Å². The molecule has 21 heavy (non-hydrogen) atoms. The van der Waals surface area contributed by atoms with Gasteiger partial charge in [0.25, 0.3) is 5.91 Å². The lowest BCUT2D eigenvalue weighted by Gasteiger charge is -2.14. The Hall–Kier alpha value is -2.10. The SMILES string of the molecule is Cc1cc(F)ccc1NC(=O)c1cc(C)n(C(C)C)c1C. The Labute approximate surface area is 124 Å². The minimum absolute atomic E-state index is 0.162. The number of rotatable bonds is 3. The summed E-state index contributed by atoms with van der Waals surface area (Å²) in [6.45, 7) is 9.89. The minimum Gasteiger partial charge on any atom is -0.346 e. The Kier molecular flexibility index (Phi) is 4.16. The van der Waals surface area contributed by atoms with Crippen LogP contribution in [0.15, 0.2) is 24.3 Å². The maximum Gasteiger partial charge on any atom is 0.257 e. The number of nitrogens with one attached hydrogen (secondary N) is 1. The highest BCUT2D eigenvalue weighted by Gasteiger charge is 2.17. The van der Waals surface area contributed by atoms with Crippen molar-refractivity contribution in [2.45, 2.75) is 40.7 Å². The molecule has 1 N–H and O–H groups in total. The van der Waals surface area contributed by atoms with Gasteiger partial charge in [-0.25, -0.2) is 4.39 Å². The van der Waals surface area contributed by atoms with Crippen molar-refractivity contribution in [1.29, 1.82) is 0 Å². The smallest absolute Gasteiger partial charge is 0.257 e. The Morgan fingerprint density at radius 3 is 2.38 bits per heavy atom. The second-order valence-electron chi connectivity index (χ2n) is 5.66. The van der Waals surface area contributed by atoms with E-state index in [2.05, 4.69) is 23.7 Å². The summed E-state index contributed by atoms with van der Waals surface area (Å²) in [6.07, 6.45) is 0. The molecular formula is C17H21FN2O. The molecule has 0 saturated heterocycles. The van der Waals surface area contributed by atoms with E-state index in [0.29, 0.717) is 22.9 Å². The molecule has 1 heterocycles. The van der Waals surface area contributed by atoms with Crippen LogP contribution in [0.2, 0.25) is 0 Å². The van der Waals surface area contributed by atoms with Gasteiger partial charge < -0.3 is 9.88 Å². The van der Waals surface area contributed by atoms with E-state index in [4.69, 9.17) is 0 Å². The Morgan fingerprint density at radius 2 is 1.86 bits per heavy atom. The first kappa shape index (κ1) is 15.3. The molecule has 2 rings (SSSR count). The van der Waals surface area contributed by atoms with E-state index in [9.17, 15) is 9.18 Å². The van der Waals surface area contributed by atoms with Crippen LogP contribution in [-0.2, 0) is 0 Å². The molecule has 1 aromatic heterocycles. The van der Waals surface area contributed by atoms with Crippen molar-refractivity contribution in [3.8, 4) is 0 Å². The minimum atomic E-state index is -0.302. The quantitative estimate of drug-likeness (QED) is 0.893. The third kappa shape index (κ3) is 2.99. The molecule has 112 valence electrons. The van der Waals surface area contributed by atoms with E-state index in [-0.39, 0.29) is 11.7 Å². The fraction of sp³-hybridized carbons (Fsp3) is 0.353. The molecule has 0 aliphatic heterocycles. The number of hydrogen-bond acceptors (Lipinski definition) is 1. The number of aromatic nitrogens is 1. The Morgan fingerprint density at radius 1 is 1.19 bits per heavy atom. The molecule has 0 saturated carbocycles. The predicted octanol–water partition coefficient (Wildman–Crippen LogP) is 4.39. The fourth-order valence-electron chi connectivity index (χ4n) is 2.76. The lowest BCUT2D eigenvalue weighted by molar-refractivity contribution is 0.102. The first-order valence-electron chi connectivity index (χ1n) is 7.07. The van der Waals surface area contributed by atoms with Gasteiger partial charge in [-0.3, -0.25) is 4.79 Å². The van der Waals surface area contributed by atoms with Crippen molar-refractivity contribution in [3.63, 3.8) is 0 Å². The molecule has 0 aliphatic carbocycles. The van der Waals surface area contributed by atoms with E-state index in [1.54, 1.807) is 13.0 Å². The van der Waals surface area contributed by atoms with Crippen molar-refractivity contribution < 1.29 is 9.18 Å². The van der Waals surface area contributed by atoms with Crippen LogP contribution in [0.4, 0.5) is 10.1 Å². The van der Waals surface area contributed by atoms with Crippen molar-refractivity contribution in [1.82, 2.24) is 4.57 Å². The molecule has 0 unspecified atom stereocenters. The number of aryl methyl sites for hydroxylation is 2. The zero-order valence-corrected chi connectivity index (χ0v) is 13.1. The summed E-state index contributed by atoms with van der Waals surface area (Å²) < 4.78 is 15.2. The summed E-state index contributed by atoms with van der Waals surface area (Å²) >= 11 is 0. The summed E-state index contributed by atoms with van der Waals surface area (Å²) in [7, 11) is 0. The number of carbonyl (C=O) groups is 1. The Bertz CT molecular complexity index is 686. The van der Waals surface area contributed by atoms with Gasteiger partial charge >= 0.3 is 0 Å². The normalized spacial score (nSPS) is 11.0. The molecule has 0 radical (unpaired) electrons. The van der Waals surface area contributed by atoms with Crippen LogP contribution in [-0.4, -0.2) is 10.5 Å². The lowest BCUT2D eigenvalue weighted by atomic mass is 10.1. The van der Waals surface area contributed by atoms with E-state index in [1.165, 1.54) is 12.1 Å². The van der Waals surface area contributed by atoms with E-state index in [0.717, 1.165) is 11.4 Å². The average Bonchev–Trinajstić information content (AvgIpc) is 2.68. The molecule has 3 nitrogen and oxygen atoms in total. The molecule has 0 spiro atoms. The predicted molar refractivity (Wildman–Crippen MR) is 83.4 cm³/mol. The van der Waals surface area contributed by atoms with Crippen molar-refractivity contribution in [2.24, 2.45) is 0 Å². The highest BCUT2D eigenvalue weighted by Crippen LogP contribution is 2.22. The third-order valence-corrected chi connectivity index (χ3v) is 3.68. The number of hydrogen-bond donors (Lipinski definition) is 1. The van der Waals surface area contributed by atoms with E-state index in [1.807, 2.05) is 19.9 Å². The highest BCUT2D eigenvalue weighted by molar-refractivity contribution is 6.05. The van der Waals surface area contributed by atoms with Crippen LogP contribution >= 0.6 is 0 Å². The molecule has 0 bridgehead atoms. The zero-order valence-electron chi connectivity index (χ0n) is 13.1. The molecule has 1 aromatic carbocycles. The maximum absolute atomic E-state index is 13.1. The number of benzene rings is 1. The first-order valence-corrected chi connectivity index (χ1v) is 7.07. The van der Waals surface area contributed by atoms with Gasteiger partial charge in [-0.15, -0.1) is 0 Å². The van der Waals surface area contributed by atoms with E-state index >= 15 is 0 Å². The first-order chi connectivity index (χ1) is 9.81. The van der Waals surface area contributed by atoms with Crippen LogP contribution in [0, 0.1) is 26.6 Å². The van der Waals surface area contributed by atoms with Crippen molar-refractivity contribution in [2.75, 3.05) is 5.32 Å². The van der Waals surface area contributed by atoms with Crippen molar-refractivity contribution in [3.05, 3.63) is 52.6 Å². The van der Waals surface area contributed by atoms with Crippen LogP contribution < -0.4 is 5.32 Å². The van der Waals surface area contributed by atoms with Gasteiger partial charge in [-0.05, 0) is 64.4 Å². The standard InChI is InChI=1S/C17H21FN2O/c1-10(2)20-12(4)9-15(13(20)5)17(21)19-16-7-6-14(18)8-11(16)3/h6-10H,1-5H3,(H,19,21). The molecule has 0 fully saturated rings. The second-order valence-corrected chi connectivity index (χ2v) is 5.66. The van der Waals surface area contributed by atoms with Gasteiger partial charge in [0.2, 0.25) is 0 Å². The number of amides is 1. The van der Waals surface area contributed by atoms with Crippen LogP contribution in [0.5, 0.6) is 0 Å². The molecular weight excluding hydrogens is 267 g/mol. The largest absolute Gasteiger partial charge is 0.346 e. The summed E-state index contributed by atoms with van der Waals surface area (Å²) in [4.78, 5) is 12.4. The van der Waals surface area contributed by atoms with Gasteiger partial charge in [0.1, 0.15) is 5.82 Å². The summed E-state index contributed by atoms with van der Waals surface area (Å²) in [5.41, 5.74) is 4.00. The lowest BCUT2D eigenvalue weighted by Crippen LogP contribution is -2.14. The molecule has 1 amide bonds. The van der Waals surface area contributed by atoms with Gasteiger partial charge in [0.15, 0.2) is 0 Å². The maximum atomic E-state index is 13.1. The van der Waals surface area contributed by atoms with Crippen LogP contribution in [0.1, 0.15) is 47.2 Å².